The van der Waals surface area contributed by atoms with Gasteiger partial charge in [0.25, 0.3) is 0 Å². The fourth-order valence-corrected chi connectivity index (χ4v) is 11.5. The van der Waals surface area contributed by atoms with E-state index >= 15 is 0 Å². The lowest BCUT2D eigenvalue weighted by Gasteiger charge is -2.21. The van der Waals surface area contributed by atoms with Crippen LogP contribution in [-0.4, -0.2) is 96.7 Å². The molecule has 3 N–H and O–H groups in total. The monoisotopic (exact) mass is 1250 g/mol. The smallest absolute Gasteiger partial charge is 0.462 e. The molecule has 0 fully saturated rings. The number of esters is 4. The summed E-state index contributed by atoms with van der Waals surface area (Å²) in [5.74, 6) is -1.42. The zero-order valence-corrected chi connectivity index (χ0v) is 56.5. The van der Waals surface area contributed by atoms with Gasteiger partial charge in [0.15, 0.2) is 12.2 Å². The molecule has 0 spiro atoms. The Morgan fingerprint density at radius 2 is 0.541 bits per heavy atom. The van der Waals surface area contributed by atoms with E-state index in [4.69, 9.17) is 37.0 Å². The number of phosphoric acid groups is 2. The van der Waals surface area contributed by atoms with Crippen molar-refractivity contribution >= 4 is 39.5 Å². The summed E-state index contributed by atoms with van der Waals surface area (Å²) in [7, 11) is -9.88. The van der Waals surface area contributed by atoms with Crippen molar-refractivity contribution in [3.05, 3.63) is 0 Å². The zero-order chi connectivity index (χ0) is 62.8. The third-order valence-electron chi connectivity index (χ3n) is 15.3. The second kappa shape index (κ2) is 59.7. The first-order chi connectivity index (χ1) is 41.0. The third kappa shape index (κ3) is 60.7. The molecule has 19 heteroatoms. The van der Waals surface area contributed by atoms with Gasteiger partial charge >= 0.3 is 39.5 Å². The number of ether oxygens (including phenoxy) is 4. The number of phosphoric ester groups is 2. The number of aliphatic hydroxyl groups is 1. The van der Waals surface area contributed by atoms with Crippen molar-refractivity contribution in [2.45, 2.75) is 355 Å². The molecule has 0 radical (unpaired) electrons. The first-order valence-corrected chi connectivity index (χ1v) is 37.6. The molecule has 17 nitrogen and oxygen atoms in total. The van der Waals surface area contributed by atoms with E-state index in [2.05, 4.69) is 34.6 Å². The summed E-state index contributed by atoms with van der Waals surface area (Å²) in [6, 6.07) is 0. The Bertz CT molecular complexity index is 1650. The fourth-order valence-electron chi connectivity index (χ4n) is 9.94. The predicted molar refractivity (Wildman–Crippen MR) is 340 cm³/mol. The van der Waals surface area contributed by atoms with Crippen LogP contribution < -0.4 is 0 Å². The van der Waals surface area contributed by atoms with Crippen molar-refractivity contribution in [2.24, 2.45) is 5.92 Å². The van der Waals surface area contributed by atoms with Crippen LogP contribution in [0.4, 0.5) is 0 Å². The van der Waals surface area contributed by atoms with Crippen LogP contribution in [-0.2, 0) is 65.4 Å². The lowest BCUT2D eigenvalue weighted by molar-refractivity contribution is -0.161. The molecule has 0 aromatic carbocycles. The molecule has 0 heterocycles. The van der Waals surface area contributed by atoms with Gasteiger partial charge in [-0.25, -0.2) is 9.13 Å². The Balaban J connectivity index is 5.17. The summed E-state index contributed by atoms with van der Waals surface area (Å²) in [4.78, 5) is 72.1. The minimum atomic E-state index is -4.95. The molecule has 0 saturated heterocycles. The fraction of sp³-hybridized carbons (Fsp3) is 0.939. The number of hydrogen-bond donors (Lipinski definition) is 3. The van der Waals surface area contributed by atoms with Gasteiger partial charge in [-0.15, -0.1) is 0 Å². The molecule has 0 bridgehead atoms. The van der Waals surface area contributed by atoms with Crippen molar-refractivity contribution in [1.82, 2.24) is 0 Å². The number of hydrogen-bond acceptors (Lipinski definition) is 15. The van der Waals surface area contributed by atoms with Gasteiger partial charge in [-0.3, -0.25) is 37.3 Å². The van der Waals surface area contributed by atoms with Crippen LogP contribution in [0.1, 0.15) is 336 Å². The zero-order valence-electron chi connectivity index (χ0n) is 54.7. The number of carbonyl (C=O) groups is 4. The van der Waals surface area contributed by atoms with Gasteiger partial charge in [-0.1, -0.05) is 285 Å². The van der Waals surface area contributed by atoms with Gasteiger partial charge in [-0.05, 0) is 31.6 Å². The van der Waals surface area contributed by atoms with Crippen LogP contribution in [0.3, 0.4) is 0 Å². The molecule has 0 aliphatic rings. The van der Waals surface area contributed by atoms with Crippen molar-refractivity contribution in [3.8, 4) is 0 Å². The Morgan fingerprint density at radius 3 is 0.800 bits per heavy atom. The van der Waals surface area contributed by atoms with Gasteiger partial charge in [-0.2, -0.15) is 0 Å². The van der Waals surface area contributed by atoms with Crippen LogP contribution in [0.5, 0.6) is 0 Å². The second-order valence-electron chi connectivity index (χ2n) is 24.3. The highest BCUT2D eigenvalue weighted by Gasteiger charge is 2.30. The number of rotatable bonds is 66. The van der Waals surface area contributed by atoms with E-state index in [0.29, 0.717) is 25.7 Å². The van der Waals surface area contributed by atoms with Crippen LogP contribution in [0.25, 0.3) is 0 Å². The van der Waals surface area contributed by atoms with Gasteiger partial charge in [0, 0.05) is 25.7 Å². The summed E-state index contributed by atoms with van der Waals surface area (Å²) >= 11 is 0. The molecule has 0 aromatic heterocycles. The maximum absolute atomic E-state index is 13.0. The standard InChI is InChI=1S/C66H128O17P2/c1-6-9-12-15-17-19-21-23-25-27-29-31-36-41-46-51-65(70)83-62(56-77-64(69)50-45-40-35-30-28-26-24-22-20-18-16-13-10-7-2)58-81-85(74,75)79-54-60(67)53-78-84(72,73)80-57-61(55-76-63(68)49-44-38-14-11-8-3)82-66(71)52-47-42-37-33-32-34-39-43-48-59(4)5/h59-62,67H,6-58H2,1-5H3,(H,72,73)(H,74,75)/t60-,61+,62+/m0/s1. The average molecular weight is 1260 g/mol. The molecule has 85 heavy (non-hydrogen) atoms. The summed E-state index contributed by atoms with van der Waals surface area (Å²) < 4.78 is 67.9. The molecule has 5 atom stereocenters. The van der Waals surface area contributed by atoms with Crippen molar-refractivity contribution in [3.63, 3.8) is 0 Å². The van der Waals surface area contributed by atoms with Crippen molar-refractivity contribution < 1.29 is 80.2 Å². The second-order valence-corrected chi connectivity index (χ2v) is 27.2. The van der Waals surface area contributed by atoms with Crippen LogP contribution in [0.2, 0.25) is 0 Å². The predicted octanol–water partition coefficient (Wildman–Crippen LogP) is 18.6. The van der Waals surface area contributed by atoms with Crippen LogP contribution in [0, 0.1) is 5.92 Å². The molecular weight excluding hydrogens is 1130 g/mol. The molecule has 0 aliphatic heterocycles. The topological polar surface area (TPSA) is 237 Å². The number of unbranched alkanes of at least 4 members (excludes halogenated alkanes) is 38. The normalized spacial score (nSPS) is 14.2. The summed E-state index contributed by atoms with van der Waals surface area (Å²) in [6.07, 6.45) is 44.8. The molecule has 0 amide bonds. The number of carbonyl (C=O) groups excluding carboxylic acids is 4. The summed E-state index contributed by atoms with van der Waals surface area (Å²) in [6.45, 7) is 7.09. The highest BCUT2D eigenvalue weighted by atomic mass is 31.2. The SMILES string of the molecule is CCCCCCCCCCCCCCCCCC(=O)O[C@H](COC(=O)CCCCCCCCCCCCCCCC)COP(=O)(O)OC[C@@H](O)COP(=O)(O)OC[C@@H](COC(=O)CCCCCCC)OC(=O)CCCCCCCCCCC(C)C. The largest absolute Gasteiger partial charge is 0.472 e. The maximum Gasteiger partial charge on any atom is 0.472 e. The van der Waals surface area contributed by atoms with E-state index in [9.17, 15) is 43.2 Å². The molecule has 0 aromatic rings. The van der Waals surface area contributed by atoms with E-state index in [1.54, 1.807) is 0 Å². The van der Waals surface area contributed by atoms with Gasteiger partial charge in [0.2, 0.25) is 0 Å². The van der Waals surface area contributed by atoms with Gasteiger partial charge in [0.05, 0.1) is 26.4 Å². The molecule has 2 unspecified atom stereocenters. The molecule has 0 saturated carbocycles. The molecule has 0 rings (SSSR count). The van der Waals surface area contributed by atoms with E-state index in [-0.39, 0.29) is 25.7 Å². The van der Waals surface area contributed by atoms with Crippen molar-refractivity contribution in [2.75, 3.05) is 39.6 Å². The maximum atomic E-state index is 13.0. The summed E-state index contributed by atoms with van der Waals surface area (Å²) in [5, 5.41) is 10.5. The Morgan fingerprint density at radius 1 is 0.318 bits per heavy atom. The highest BCUT2D eigenvalue weighted by molar-refractivity contribution is 7.47. The van der Waals surface area contributed by atoms with Crippen molar-refractivity contribution in [1.29, 1.82) is 0 Å². The quantitative estimate of drug-likeness (QED) is 0.0222. The van der Waals surface area contributed by atoms with Gasteiger partial charge < -0.3 is 33.8 Å². The first kappa shape index (κ1) is 83.1. The van der Waals surface area contributed by atoms with Crippen LogP contribution in [0.15, 0.2) is 0 Å². The molecular formula is C66H128O17P2. The highest BCUT2D eigenvalue weighted by Crippen LogP contribution is 2.45. The molecule has 504 valence electrons. The summed E-state index contributed by atoms with van der Waals surface area (Å²) in [5.41, 5.74) is 0. The lowest BCUT2D eigenvalue weighted by Crippen LogP contribution is -2.30. The van der Waals surface area contributed by atoms with E-state index < -0.39 is 97.5 Å². The van der Waals surface area contributed by atoms with Gasteiger partial charge in [0.1, 0.15) is 19.3 Å². The average Bonchev–Trinajstić information content (AvgIpc) is 3.54. The lowest BCUT2D eigenvalue weighted by atomic mass is 10.0. The number of aliphatic hydroxyl groups excluding tert-OH is 1. The van der Waals surface area contributed by atoms with E-state index in [1.165, 1.54) is 154 Å². The Labute approximate surface area is 517 Å². The van der Waals surface area contributed by atoms with E-state index in [0.717, 1.165) is 102 Å². The minimum Gasteiger partial charge on any atom is -0.462 e. The third-order valence-corrected chi connectivity index (χ3v) is 17.2. The Hall–Kier alpha value is -1.94. The van der Waals surface area contributed by atoms with E-state index in [1.807, 2.05) is 0 Å². The minimum absolute atomic E-state index is 0.104. The Kier molecular flexibility index (Phi) is 58.3. The first-order valence-electron chi connectivity index (χ1n) is 34.6. The van der Waals surface area contributed by atoms with Crippen LogP contribution >= 0.6 is 15.6 Å². The molecule has 0 aliphatic carbocycles.